The minimum absolute atomic E-state index is 0.0717. The second-order valence-corrected chi connectivity index (χ2v) is 4.59. The molecule has 20 heavy (non-hydrogen) atoms. The van der Waals surface area contributed by atoms with Gasteiger partial charge in [0.1, 0.15) is 0 Å². The summed E-state index contributed by atoms with van der Waals surface area (Å²) in [5, 5.41) is 5.94. The molecule has 5 nitrogen and oxygen atoms in total. The van der Waals surface area contributed by atoms with Gasteiger partial charge < -0.3 is 15.2 Å². The Hall–Kier alpha value is -2.30. The molecule has 1 heterocycles. The Morgan fingerprint density at radius 1 is 1.30 bits per heavy atom. The van der Waals surface area contributed by atoms with Gasteiger partial charge in [-0.3, -0.25) is 4.79 Å². The molecule has 2 N–H and O–H groups in total. The van der Waals surface area contributed by atoms with E-state index >= 15 is 0 Å². The number of rotatable bonds is 6. The number of nitrogens with one attached hydrogen (secondary N) is 2. The van der Waals surface area contributed by atoms with Crippen LogP contribution in [0, 0.1) is 0 Å². The van der Waals surface area contributed by atoms with Crippen LogP contribution < -0.4 is 10.6 Å². The largest absolute Gasteiger partial charge is 0.379 e. The van der Waals surface area contributed by atoms with E-state index in [1.165, 1.54) is 0 Å². The van der Waals surface area contributed by atoms with Crippen molar-refractivity contribution in [3.8, 4) is 0 Å². The van der Waals surface area contributed by atoms with E-state index in [0.717, 1.165) is 30.9 Å². The van der Waals surface area contributed by atoms with Gasteiger partial charge in [0.2, 0.25) is 0 Å². The summed E-state index contributed by atoms with van der Waals surface area (Å²) >= 11 is 0. The SMILES string of the molecule is CCCn1cncc1CNc1ccc(C(=O)NC)cc1. The lowest BCUT2D eigenvalue weighted by Crippen LogP contribution is -2.17. The number of hydrogen-bond acceptors (Lipinski definition) is 3. The molecular weight excluding hydrogens is 252 g/mol. The lowest BCUT2D eigenvalue weighted by Gasteiger charge is -2.09. The molecule has 0 fully saturated rings. The van der Waals surface area contributed by atoms with Crippen molar-refractivity contribution in [3.05, 3.63) is 48.0 Å². The molecule has 0 aliphatic rings. The van der Waals surface area contributed by atoms with E-state index < -0.39 is 0 Å². The molecule has 0 saturated heterocycles. The van der Waals surface area contributed by atoms with E-state index in [1.807, 2.05) is 36.8 Å². The maximum Gasteiger partial charge on any atom is 0.251 e. The normalized spacial score (nSPS) is 10.3. The summed E-state index contributed by atoms with van der Waals surface area (Å²) in [6.07, 6.45) is 4.82. The van der Waals surface area contributed by atoms with E-state index in [4.69, 9.17) is 0 Å². The maximum atomic E-state index is 11.4. The van der Waals surface area contributed by atoms with Crippen LogP contribution in [-0.4, -0.2) is 22.5 Å². The van der Waals surface area contributed by atoms with Gasteiger partial charge in [0.25, 0.3) is 5.91 Å². The highest BCUT2D eigenvalue weighted by atomic mass is 16.1. The van der Waals surface area contributed by atoms with Crippen LogP contribution in [0.1, 0.15) is 29.4 Å². The summed E-state index contributed by atoms with van der Waals surface area (Å²) in [6.45, 7) is 3.85. The number of carbonyl (C=O) groups is 1. The molecule has 1 aromatic heterocycles. The highest BCUT2D eigenvalue weighted by Crippen LogP contribution is 2.11. The Balaban J connectivity index is 1.97. The molecule has 0 radical (unpaired) electrons. The van der Waals surface area contributed by atoms with Gasteiger partial charge in [-0.1, -0.05) is 6.92 Å². The molecule has 2 aromatic rings. The quantitative estimate of drug-likeness (QED) is 0.848. The van der Waals surface area contributed by atoms with Crippen LogP contribution in [0.15, 0.2) is 36.8 Å². The van der Waals surface area contributed by atoms with Crippen molar-refractivity contribution in [1.29, 1.82) is 0 Å². The first-order chi connectivity index (χ1) is 9.74. The number of benzene rings is 1. The van der Waals surface area contributed by atoms with Crippen LogP contribution in [0.5, 0.6) is 0 Å². The number of aromatic nitrogens is 2. The fourth-order valence-electron chi connectivity index (χ4n) is 2.01. The first-order valence-electron chi connectivity index (χ1n) is 6.79. The highest BCUT2D eigenvalue weighted by Gasteiger charge is 2.03. The van der Waals surface area contributed by atoms with Crippen LogP contribution in [0.2, 0.25) is 0 Å². The zero-order chi connectivity index (χ0) is 14.4. The Bertz CT molecular complexity index is 560. The number of hydrogen-bond donors (Lipinski definition) is 2. The van der Waals surface area contributed by atoms with Crippen molar-refractivity contribution in [3.63, 3.8) is 0 Å². The Morgan fingerprint density at radius 3 is 2.70 bits per heavy atom. The predicted molar refractivity (Wildman–Crippen MR) is 79.7 cm³/mol. The van der Waals surface area contributed by atoms with Crippen molar-refractivity contribution in [2.24, 2.45) is 0 Å². The molecule has 106 valence electrons. The van der Waals surface area contributed by atoms with E-state index in [1.54, 1.807) is 7.05 Å². The molecule has 0 atom stereocenters. The fraction of sp³-hybridized carbons (Fsp3) is 0.333. The Morgan fingerprint density at radius 2 is 2.05 bits per heavy atom. The molecular formula is C15H20N4O. The molecule has 2 rings (SSSR count). The van der Waals surface area contributed by atoms with Gasteiger partial charge in [-0.25, -0.2) is 4.98 Å². The average Bonchev–Trinajstić information content (AvgIpc) is 2.92. The monoisotopic (exact) mass is 272 g/mol. The summed E-state index contributed by atoms with van der Waals surface area (Å²) in [4.78, 5) is 15.6. The highest BCUT2D eigenvalue weighted by molar-refractivity contribution is 5.94. The van der Waals surface area contributed by atoms with E-state index in [0.29, 0.717) is 5.56 Å². The molecule has 0 spiro atoms. The van der Waals surface area contributed by atoms with Gasteiger partial charge >= 0.3 is 0 Å². The zero-order valence-electron chi connectivity index (χ0n) is 11.9. The van der Waals surface area contributed by atoms with E-state index in [-0.39, 0.29) is 5.91 Å². The minimum Gasteiger partial charge on any atom is -0.379 e. The van der Waals surface area contributed by atoms with Crippen molar-refractivity contribution in [2.45, 2.75) is 26.4 Å². The van der Waals surface area contributed by atoms with Gasteiger partial charge in [0.05, 0.1) is 18.6 Å². The molecule has 0 bridgehead atoms. The standard InChI is InChI=1S/C15H20N4O/c1-3-8-19-11-17-9-14(19)10-18-13-6-4-12(5-7-13)15(20)16-2/h4-7,9,11,18H,3,8,10H2,1-2H3,(H,16,20). The number of carbonyl (C=O) groups excluding carboxylic acids is 1. The van der Waals surface area contributed by atoms with Gasteiger partial charge in [-0.2, -0.15) is 0 Å². The number of aryl methyl sites for hydroxylation is 1. The predicted octanol–water partition coefficient (Wildman–Crippen LogP) is 2.26. The summed E-state index contributed by atoms with van der Waals surface area (Å²) < 4.78 is 2.14. The average molecular weight is 272 g/mol. The van der Waals surface area contributed by atoms with Crippen molar-refractivity contribution < 1.29 is 4.79 Å². The van der Waals surface area contributed by atoms with Crippen LogP contribution in [0.4, 0.5) is 5.69 Å². The van der Waals surface area contributed by atoms with Gasteiger partial charge in [0, 0.05) is 31.0 Å². The van der Waals surface area contributed by atoms with Crippen LogP contribution in [-0.2, 0) is 13.1 Å². The third-order valence-corrected chi connectivity index (χ3v) is 3.11. The Labute approximate surface area is 119 Å². The first kappa shape index (κ1) is 14.1. The molecule has 1 amide bonds. The lowest BCUT2D eigenvalue weighted by atomic mass is 10.2. The van der Waals surface area contributed by atoms with Gasteiger partial charge in [-0.15, -0.1) is 0 Å². The van der Waals surface area contributed by atoms with Crippen molar-refractivity contribution >= 4 is 11.6 Å². The summed E-state index contributed by atoms with van der Waals surface area (Å²) in [7, 11) is 1.63. The molecule has 5 heteroatoms. The third kappa shape index (κ3) is 3.38. The topological polar surface area (TPSA) is 59.0 Å². The van der Waals surface area contributed by atoms with Gasteiger partial charge in [0.15, 0.2) is 0 Å². The third-order valence-electron chi connectivity index (χ3n) is 3.11. The molecule has 0 aliphatic carbocycles. The first-order valence-corrected chi connectivity index (χ1v) is 6.79. The van der Waals surface area contributed by atoms with Crippen molar-refractivity contribution in [2.75, 3.05) is 12.4 Å². The molecule has 1 aromatic carbocycles. The summed E-state index contributed by atoms with van der Waals surface area (Å²) in [5.74, 6) is -0.0717. The second kappa shape index (κ2) is 6.75. The molecule has 0 unspecified atom stereocenters. The van der Waals surface area contributed by atoms with E-state index in [9.17, 15) is 4.79 Å². The zero-order valence-corrected chi connectivity index (χ0v) is 11.9. The molecule has 0 aliphatic heterocycles. The smallest absolute Gasteiger partial charge is 0.251 e. The van der Waals surface area contributed by atoms with Crippen LogP contribution >= 0.6 is 0 Å². The number of anilines is 1. The number of imidazole rings is 1. The number of nitrogens with zero attached hydrogens (tertiary/aromatic N) is 2. The second-order valence-electron chi connectivity index (χ2n) is 4.59. The van der Waals surface area contributed by atoms with Crippen LogP contribution in [0.3, 0.4) is 0 Å². The maximum absolute atomic E-state index is 11.4. The van der Waals surface area contributed by atoms with Crippen LogP contribution in [0.25, 0.3) is 0 Å². The summed E-state index contributed by atoms with van der Waals surface area (Å²) in [6, 6.07) is 7.44. The summed E-state index contributed by atoms with van der Waals surface area (Å²) in [5.41, 5.74) is 2.80. The Kier molecular flexibility index (Phi) is 4.76. The van der Waals surface area contributed by atoms with Crippen molar-refractivity contribution in [1.82, 2.24) is 14.9 Å². The lowest BCUT2D eigenvalue weighted by molar-refractivity contribution is 0.0963. The van der Waals surface area contributed by atoms with E-state index in [2.05, 4.69) is 27.1 Å². The minimum atomic E-state index is -0.0717. The molecule has 0 saturated carbocycles. The van der Waals surface area contributed by atoms with Gasteiger partial charge in [-0.05, 0) is 30.7 Å². The number of amides is 1. The fourth-order valence-corrected chi connectivity index (χ4v) is 2.01.